The van der Waals surface area contributed by atoms with Crippen LogP contribution in [0.2, 0.25) is 0 Å². The van der Waals surface area contributed by atoms with Crippen LogP contribution in [0.4, 0.5) is 0 Å². The molecule has 1 aromatic carbocycles. The number of nitrogens with one attached hydrogen (secondary N) is 1. The lowest BCUT2D eigenvalue weighted by atomic mass is 10.0. The molecule has 1 aromatic rings. The van der Waals surface area contributed by atoms with Gasteiger partial charge in [0.1, 0.15) is 0 Å². The van der Waals surface area contributed by atoms with Crippen LogP contribution in [0.5, 0.6) is 11.5 Å². The fraction of sp³-hybridized carbons (Fsp3) is 0.533. The van der Waals surface area contributed by atoms with Crippen LogP contribution >= 0.6 is 0 Å². The lowest BCUT2D eigenvalue weighted by molar-refractivity contribution is -0.119. The van der Waals surface area contributed by atoms with Crippen molar-refractivity contribution in [1.29, 1.82) is 0 Å². The molecule has 0 aliphatic carbocycles. The van der Waals surface area contributed by atoms with E-state index >= 15 is 0 Å². The number of hydrogen-bond acceptors (Lipinski definition) is 5. The van der Waals surface area contributed by atoms with E-state index in [-0.39, 0.29) is 5.91 Å². The van der Waals surface area contributed by atoms with Crippen LogP contribution in [0.1, 0.15) is 18.4 Å². The molecule has 1 amide bonds. The molecule has 0 spiro atoms. The Balaban J connectivity index is 1.49. The molecular weight excluding hydrogens is 270 g/mol. The number of carbonyl (C=O) groups excluding carboxylic acids is 1. The van der Waals surface area contributed by atoms with E-state index in [1.807, 2.05) is 12.1 Å². The molecule has 114 valence electrons. The van der Waals surface area contributed by atoms with Crippen LogP contribution < -0.4 is 20.5 Å². The Morgan fingerprint density at radius 2 is 2.14 bits per heavy atom. The minimum atomic E-state index is -0.251. The number of fused-ring (bicyclic) bond motifs is 1. The lowest BCUT2D eigenvalue weighted by Gasteiger charge is -2.31. The zero-order valence-corrected chi connectivity index (χ0v) is 12.0. The van der Waals surface area contributed by atoms with Crippen LogP contribution in [-0.4, -0.2) is 43.3 Å². The predicted molar refractivity (Wildman–Crippen MR) is 78.1 cm³/mol. The molecule has 3 rings (SSSR count). The predicted octanol–water partition coefficient (Wildman–Crippen LogP) is 0.455. The van der Waals surface area contributed by atoms with Crippen molar-refractivity contribution in [3.8, 4) is 11.5 Å². The highest BCUT2D eigenvalue weighted by molar-refractivity contribution is 5.75. The number of rotatable bonds is 5. The van der Waals surface area contributed by atoms with Crippen LogP contribution in [0.25, 0.3) is 0 Å². The Kier molecular flexibility index (Phi) is 4.26. The van der Waals surface area contributed by atoms with E-state index in [1.54, 1.807) is 0 Å². The molecule has 0 aromatic heterocycles. The second-order valence-electron chi connectivity index (χ2n) is 5.55. The first-order valence-electron chi connectivity index (χ1n) is 7.34. The monoisotopic (exact) mass is 291 g/mol. The first kappa shape index (κ1) is 14.2. The molecule has 0 unspecified atom stereocenters. The minimum absolute atomic E-state index is 0.251. The van der Waals surface area contributed by atoms with Gasteiger partial charge >= 0.3 is 0 Å². The summed E-state index contributed by atoms with van der Waals surface area (Å²) in [7, 11) is 0. The van der Waals surface area contributed by atoms with Crippen molar-refractivity contribution in [3.05, 3.63) is 23.8 Å². The Hall–Kier alpha value is -1.79. The van der Waals surface area contributed by atoms with Gasteiger partial charge in [-0.2, -0.15) is 0 Å². The van der Waals surface area contributed by atoms with Gasteiger partial charge in [0.2, 0.25) is 12.7 Å². The average molecular weight is 291 g/mol. The summed E-state index contributed by atoms with van der Waals surface area (Å²) >= 11 is 0. The number of amides is 1. The second-order valence-corrected chi connectivity index (χ2v) is 5.55. The van der Waals surface area contributed by atoms with E-state index in [2.05, 4.69) is 16.3 Å². The number of likely N-dealkylation sites (tertiary alicyclic amines) is 1. The van der Waals surface area contributed by atoms with E-state index < -0.39 is 0 Å². The van der Waals surface area contributed by atoms with Crippen molar-refractivity contribution in [1.82, 2.24) is 10.2 Å². The first-order valence-corrected chi connectivity index (χ1v) is 7.34. The van der Waals surface area contributed by atoms with Crippen molar-refractivity contribution >= 4 is 5.91 Å². The number of hydrogen-bond donors (Lipinski definition) is 2. The van der Waals surface area contributed by atoms with Crippen molar-refractivity contribution < 1.29 is 14.3 Å². The fourth-order valence-electron chi connectivity index (χ4n) is 2.90. The number of primary amides is 1. The van der Waals surface area contributed by atoms with E-state index in [0.717, 1.165) is 49.5 Å². The minimum Gasteiger partial charge on any atom is -0.454 e. The molecule has 21 heavy (non-hydrogen) atoms. The Bertz CT molecular complexity index is 513. The van der Waals surface area contributed by atoms with Crippen molar-refractivity contribution in [3.63, 3.8) is 0 Å². The van der Waals surface area contributed by atoms with Gasteiger partial charge in [0, 0.05) is 31.2 Å². The maximum Gasteiger partial charge on any atom is 0.231 e. The standard InChI is InChI=1S/C15H21N3O3/c16-14(19)9-18-6-4-12(5-7-18)17-8-11-2-1-3-13-15(11)21-10-20-13/h1-3,12,17H,4-10H2,(H2,16,19). The Labute approximate surface area is 124 Å². The quantitative estimate of drug-likeness (QED) is 0.824. The van der Waals surface area contributed by atoms with Gasteiger partial charge < -0.3 is 20.5 Å². The number of piperidine rings is 1. The molecule has 0 bridgehead atoms. The third-order valence-electron chi connectivity index (χ3n) is 4.03. The van der Waals surface area contributed by atoms with Gasteiger partial charge in [-0.3, -0.25) is 9.69 Å². The third kappa shape index (κ3) is 3.46. The molecule has 2 heterocycles. The highest BCUT2D eigenvalue weighted by Gasteiger charge is 2.21. The summed E-state index contributed by atoms with van der Waals surface area (Å²) in [5.41, 5.74) is 6.35. The van der Waals surface area contributed by atoms with Crippen molar-refractivity contribution in [2.75, 3.05) is 26.4 Å². The smallest absolute Gasteiger partial charge is 0.231 e. The molecule has 3 N–H and O–H groups in total. The van der Waals surface area contributed by atoms with Gasteiger partial charge in [0.25, 0.3) is 0 Å². The first-order chi connectivity index (χ1) is 10.2. The van der Waals surface area contributed by atoms with E-state index in [9.17, 15) is 4.79 Å². The van der Waals surface area contributed by atoms with Gasteiger partial charge in [-0.1, -0.05) is 12.1 Å². The zero-order valence-electron chi connectivity index (χ0n) is 12.0. The van der Waals surface area contributed by atoms with Crippen molar-refractivity contribution in [2.45, 2.75) is 25.4 Å². The lowest BCUT2D eigenvalue weighted by Crippen LogP contribution is -2.45. The van der Waals surface area contributed by atoms with Crippen molar-refractivity contribution in [2.24, 2.45) is 5.73 Å². The molecule has 6 nitrogen and oxygen atoms in total. The van der Waals surface area contributed by atoms with Gasteiger partial charge in [0.05, 0.1) is 6.54 Å². The maximum atomic E-state index is 10.9. The van der Waals surface area contributed by atoms with Crippen LogP contribution in [0.15, 0.2) is 18.2 Å². The highest BCUT2D eigenvalue weighted by atomic mass is 16.7. The number of para-hydroxylation sites is 1. The van der Waals surface area contributed by atoms with Crippen LogP contribution in [0.3, 0.4) is 0 Å². The largest absolute Gasteiger partial charge is 0.454 e. The Morgan fingerprint density at radius 1 is 1.33 bits per heavy atom. The fourth-order valence-corrected chi connectivity index (χ4v) is 2.90. The summed E-state index contributed by atoms with van der Waals surface area (Å²) in [6, 6.07) is 6.43. The Morgan fingerprint density at radius 3 is 2.90 bits per heavy atom. The molecule has 1 fully saturated rings. The molecule has 0 radical (unpaired) electrons. The van der Waals surface area contributed by atoms with Gasteiger partial charge in [-0.05, 0) is 18.9 Å². The SMILES string of the molecule is NC(=O)CN1CCC(NCc2cccc3c2OCO3)CC1. The summed E-state index contributed by atoms with van der Waals surface area (Å²) in [6.45, 7) is 3.26. The summed E-state index contributed by atoms with van der Waals surface area (Å²) in [5.74, 6) is 1.43. The average Bonchev–Trinajstić information content (AvgIpc) is 2.95. The number of ether oxygens (including phenoxy) is 2. The van der Waals surface area contributed by atoms with E-state index in [0.29, 0.717) is 19.4 Å². The van der Waals surface area contributed by atoms with Crippen LogP contribution in [0, 0.1) is 0 Å². The summed E-state index contributed by atoms with van der Waals surface area (Å²) in [4.78, 5) is 13.0. The highest BCUT2D eigenvalue weighted by Crippen LogP contribution is 2.35. The summed E-state index contributed by atoms with van der Waals surface area (Å²) in [5, 5.41) is 3.56. The molecular formula is C15H21N3O3. The number of carbonyl (C=O) groups is 1. The number of nitrogens with two attached hydrogens (primary N) is 1. The molecule has 0 atom stereocenters. The van der Waals surface area contributed by atoms with E-state index in [1.165, 1.54) is 0 Å². The number of benzene rings is 1. The van der Waals surface area contributed by atoms with Gasteiger partial charge in [-0.25, -0.2) is 0 Å². The topological polar surface area (TPSA) is 76.8 Å². The van der Waals surface area contributed by atoms with Crippen LogP contribution in [-0.2, 0) is 11.3 Å². The second kappa shape index (κ2) is 6.32. The van der Waals surface area contributed by atoms with Gasteiger partial charge in [0.15, 0.2) is 11.5 Å². The molecule has 6 heteroatoms. The molecule has 2 aliphatic rings. The van der Waals surface area contributed by atoms with Gasteiger partial charge in [-0.15, -0.1) is 0 Å². The molecule has 1 saturated heterocycles. The summed E-state index contributed by atoms with van der Waals surface area (Å²) < 4.78 is 10.9. The third-order valence-corrected chi connectivity index (χ3v) is 4.03. The number of nitrogens with zero attached hydrogens (tertiary/aromatic N) is 1. The summed E-state index contributed by atoms with van der Waals surface area (Å²) in [6.07, 6.45) is 2.05. The molecule has 0 saturated carbocycles. The zero-order chi connectivity index (χ0) is 14.7. The normalized spacial score (nSPS) is 18.9. The maximum absolute atomic E-state index is 10.9. The van der Waals surface area contributed by atoms with E-state index in [4.69, 9.17) is 15.2 Å². The molecule has 2 aliphatic heterocycles.